The van der Waals surface area contributed by atoms with Crippen molar-refractivity contribution >= 4 is 0 Å². The molecule has 1 aromatic carbocycles. The summed E-state index contributed by atoms with van der Waals surface area (Å²) in [7, 11) is 0. The number of nitrogens with one attached hydrogen (secondary N) is 1. The van der Waals surface area contributed by atoms with Gasteiger partial charge in [-0.1, -0.05) is 0 Å². The lowest BCUT2D eigenvalue weighted by molar-refractivity contribution is 0.0780. The second-order valence-electron chi connectivity index (χ2n) is 6.20. The molecular formula is C18H20FN3O. The molecule has 0 amide bonds. The van der Waals surface area contributed by atoms with Crippen LogP contribution in [0.2, 0.25) is 0 Å². The highest BCUT2D eigenvalue weighted by molar-refractivity contribution is 5.64. The molecule has 1 unspecified atom stereocenters. The molecule has 2 aliphatic heterocycles. The molecule has 3 heterocycles. The van der Waals surface area contributed by atoms with Crippen molar-refractivity contribution in [3.8, 4) is 11.3 Å². The van der Waals surface area contributed by atoms with Crippen molar-refractivity contribution in [3.05, 3.63) is 47.2 Å². The minimum atomic E-state index is -0.226. The van der Waals surface area contributed by atoms with E-state index >= 15 is 0 Å². The molecule has 1 saturated heterocycles. The van der Waals surface area contributed by atoms with Crippen LogP contribution in [0.25, 0.3) is 11.3 Å². The molecule has 120 valence electrons. The normalized spacial score (nSPS) is 21.0. The van der Waals surface area contributed by atoms with Gasteiger partial charge in [0.2, 0.25) is 0 Å². The van der Waals surface area contributed by atoms with Crippen LogP contribution in [0.4, 0.5) is 4.39 Å². The molecule has 0 aliphatic carbocycles. The molecule has 4 nitrogen and oxygen atoms in total. The van der Waals surface area contributed by atoms with Crippen molar-refractivity contribution in [2.24, 2.45) is 0 Å². The number of ether oxygens (including phenoxy) is 1. The third kappa shape index (κ3) is 2.99. The minimum Gasteiger partial charge on any atom is -0.381 e. The van der Waals surface area contributed by atoms with E-state index in [0.29, 0.717) is 6.61 Å². The number of rotatable bonds is 2. The van der Waals surface area contributed by atoms with Gasteiger partial charge in [-0.15, -0.1) is 0 Å². The second kappa shape index (κ2) is 6.34. The van der Waals surface area contributed by atoms with Crippen LogP contribution in [0.1, 0.15) is 35.8 Å². The van der Waals surface area contributed by atoms with Gasteiger partial charge in [-0.25, -0.2) is 14.4 Å². The van der Waals surface area contributed by atoms with Gasteiger partial charge in [0, 0.05) is 43.2 Å². The van der Waals surface area contributed by atoms with E-state index in [4.69, 9.17) is 14.7 Å². The maximum Gasteiger partial charge on any atom is 0.134 e. The summed E-state index contributed by atoms with van der Waals surface area (Å²) in [6, 6.07) is 6.58. The van der Waals surface area contributed by atoms with E-state index in [1.807, 2.05) is 0 Å². The van der Waals surface area contributed by atoms with Crippen molar-refractivity contribution in [1.82, 2.24) is 15.3 Å². The zero-order chi connectivity index (χ0) is 15.6. The lowest BCUT2D eigenvalue weighted by atomic mass is 9.97. The van der Waals surface area contributed by atoms with Gasteiger partial charge in [0.15, 0.2) is 0 Å². The monoisotopic (exact) mass is 313 g/mol. The molecule has 2 aliphatic rings. The number of hydrogen-bond acceptors (Lipinski definition) is 4. The van der Waals surface area contributed by atoms with E-state index in [1.165, 1.54) is 12.1 Å². The zero-order valence-corrected chi connectivity index (χ0v) is 13.0. The highest BCUT2D eigenvalue weighted by Gasteiger charge is 2.24. The van der Waals surface area contributed by atoms with Gasteiger partial charge in [0.1, 0.15) is 11.6 Å². The molecular weight excluding hydrogens is 293 g/mol. The van der Waals surface area contributed by atoms with Crippen LogP contribution in [0.15, 0.2) is 24.3 Å². The summed E-state index contributed by atoms with van der Waals surface area (Å²) in [6.07, 6.45) is 3.03. The van der Waals surface area contributed by atoms with E-state index in [2.05, 4.69) is 5.32 Å². The molecule has 5 heteroatoms. The fraction of sp³-hybridized carbons (Fsp3) is 0.444. The summed E-state index contributed by atoms with van der Waals surface area (Å²) in [5, 5.41) is 3.38. The summed E-state index contributed by atoms with van der Waals surface area (Å²) >= 11 is 0. The summed E-state index contributed by atoms with van der Waals surface area (Å²) < 4.78 is 18.8. The van der Waals surface area contributed by atoms with E-state index in [0.717, 1.165) is 67.3 Å². The Kier molecular flexibility index (Phi) is 4.06. The Balaban J connectivity index is 1.80. The molecule has 4 rings (SSSR count). The summed E-state index contributed by atoms with van der Waals surface area (Å²) in [4.78, 5) is 9.69. The first-order chi connectivity index (χ1) is 11.3. The molecule has 1 aromatic heterocycles. The smallest absolute Gasteiger partial charge is 0.134 e. The molecule has 0 spiro atoms. The number of nitrogens with zero attached hydrogens (tertiary/aromatic N) is 2. The average molecular weight is 313 g/mol. The number of hydrogen-bond donors (Lipinski definition) is 1. The molecule has 23 heavy (non-hydrogen) atoms. The van der Waals surface area contributed by atoms with Crippen LogP contribution in [0, 0.1) is 5.82 Å². The molecule has 1 atom stereocenters. The van der Waals surface area contributed by atoms with Crippen LogP contribution in [0.3, 0.4) is 0 Å². The second-order valence-corrected chi connectivity index (χ2v) is 6.20. The van der Waals surface area contributed by atoms with Crippen LogP contribution in [-0.4, -0.2) is 29.7 Å². The van der Waals surface area contributed by atoms with Gasteiger partial charge < -0.3 is 10.1 Å². The minimum absolute atomic E-state index is 0.226. The van der Waals surface area contributed by atoms with Crippen molar-refractivity contribution in [1.29, 1.82) is 0 Å². The summed E-state index contributed by atoms with van der Waals surface area (Å²) in [6.45, 7) is 3.23. The fourth-order valence-electron chi connectivity index (χ4n) is 3.34. The Hall–Kier alpha value is -1.85. The fourth-order valence-corrected chi connectivity index (χ4v) is 3.34. The zero-order valence-electron chi connectivity index (χ0n) is 13.0. The summed E-state index contributed by atoms with van der Waals surface area (Å²) in [5.74, 6) is 0.920. The van der Waals surface area contributed by atoms with Gasteiger partial charge in [-0.3, -0.25) is 0 Å². The van der Waals surface area contributed by atoms with Gasteiger partial charge in [0.05, 0.1) is 18.0 Å². The van der Waals surface area contributed by atoms with Crippen molar-refractivity contribution < 1.29 is 9.13 Å². The Bertz CT molecular complexity index is 696. The van der Waals surface area contributed by atoms with Crippen LogP contribution in [0.5, 0.6) is 0 Å². The van der Waals surface area contributed by atoms with Crippen molar-refractivity contribution in [2.45, 2.75) is 31.7 Å². The van der Waals surface area contributed by atoms with Crippen LogP contribution >= 0.6 is 0 Å². The lowest BCUT2D eigenvalue weighted by Gasteiger charge is -2.25. The maximum absolute atomic E-state index is 13.2. The molecule has 0 saturated carbocycles. The molecule has 1 fully saturated rings. The van der Waals surface area contributed by atoms with Gasteiger partial charge in [-0.05, 0) is 37.1 Å². The first-order valence-corrected chi connectivity index (χ1v) is 8.25. The molecule has 0 bridgehead atoms. The average Bonchev–Trinajstić information content (AvgIpc) is 2.62. The number of benzene rings is 1. The Morgan fingerprint density at radius 3 is 2.83 bits per heavy atom. The van der Waals surface area contributed by atoms with E-state index in [1.54, 1.807) is 12.1 Å². The van der Waals surface area contributed by atoms with Gasteiger partial charge >= 0.3 is 0 Å². The standard InChI is InChI=1S/C18H20FN3O/c19-14-5-3-12(4-6-14)17-15-10-20-8-7-16(15)21-18(22-17)13-2-1-9-23-11-13/h3-6,13,20H,1-2,7-11H2. The van der Waals surface area contributed by atoms with Gasteiger partial charge in [-0.2, -0.15) is 0 Å². The van der Waals surface area contributed by atoms with E-state index in [-0.39, 0.29) is 11.7 Å². The van der Waals surface area contributed by atoms with E-state index < -0.39 is 0 Å². The quantitative estimate of drug-likeness (QED) is 0.926. The van der Waals surface area contributed by atoms with Crippen molar-refractivity contribution in [3.63, 3.8) is 0 Å². The molecule has 1 N–H and O–H groups in total. The third-order valence-electron chi connectivity index (χ3n) is 4.59. The SMILES string of the molecule is Fc1ccc(-c2nc(C3CCCOC3)nc3c2CNCC3)cc1. The maximum atomic E-state index is 13.2. The molecule has 0 radical (unpaired) electrons. The first-order valence-electron chi connectivity index (χ1n) is 8.25. The highest BCUT2D eigenvalue weighted by atomic mass is 19.1. The predicted octanol–water partition coefficient (Wildman–Crippen LogP) is 2.82. The van der Waals surface area contributed by atoms with Gasteiger partial charge in [0.25, 0.3) is 0 Å². The number of halogens is 1. The largest absolute Gasteiger partial charge is 0.381 e. The van der Waals surface area contributed by atoms with Crippen LogP contribution in [-0.2, 0) is 17.7 Å². The number of aromatic nitrogens is 2. The first kappa shape index (κ1) is 14.7. The molecule has 2 aromatic rings. The van der Waals surface area contributed by atoms with E-state index in [9.17, 15) is 4.39 Å². The van der Waals surface area contributed by atoms with Crippen molar-refractivity contribution in [2.75, 3.05) is 19.8 Å². The third-order valence-corrected chi connectivity index (χ3v) is 4.59. The number of fused-ring (bicyclic) bond motifs is 1. The predicted molar refractivity (Wildman–Crippen MR) is 85.6 cm³/mol. The summed E-state index contributed by atoms with van der Waals surface area (Å²) in [5.41, 5.74) is 4.15. The van der Waals surface area contributed by atoms with Crippen LogP contribution < -0.4 is 5.32 Å². The topological polar surface area (TPSA) is 47.0 Å². The highest BCUT2D eigenvalue weighted by Crippen LogP contribution is 2.30. The lowest BCUT2D eigenvalue weighted by Crippen LogP contribution is -2.27. The Labute approximate surface area is 135 Å². The Morgan fingerprint density at radius 1 is 1.17 bits per heavy atom. The Morgan fingerprint density at radius 2 is 2.04 bits per heavy atom.